The molecule has 0 radical (unpaired) electrons. The molecule has 0 saturated carbocycles. The van der Waals surface area contributed by atoms with E-state index in [0.717, 1.165) is 44.8 Å². The minimum atomic E-state index is -4.00. The summed E-state index contributed by atoms with van der Waals surface area (Å²) in [5.41, 5.74) is 12.5. The molecule has 1 aromatic heterocycles. The second-order valence-corrected chi connectivity index (χ2v) is 11.8. The number of anilines is 3. The predicted molar refractivity (Wildman–Crippen MR) is 144 cm³/mol. The van der Waals surface area contributed by atoms with Crippen LogP contribution < -0.4 is 11.1 Å². The number of thiophene rings is 1. The van der Waals surface area contributed by atoms with Gasteiger partial charge in [-0.3, -0.25) is 4.79 Å². The number of rotatable bonds is 6. The molecule has 0 amide bonds. The van der Waals surface area contributed by atoms with E-state index >= 15 is 0 Å². The van der Waals surface area contributed by atoms with Crippen LogP contribution in [0, 0.1) is 34.6 Å². The van der Waals surface area contributed by atoms with Crippen LogP contribution in [0.1, 0.15) is 43.1 Å². The van der Waals surface area contributed by atoms with Gasteiger partial charge in [-0.1, -0.05) is 59.2 Å². The maximum atomic E-state index is 13.8. The van der Waals surface area contributed by atoms with Crippen LogP contribution in [-0.4, -0.2) is 14.2 Å². The van der Waals surface area contributed by atoms with Gasteiger partial charge in [0.25, 0.3) is 0 Å². The van der Waals surface area contributed by atoms with Gasteiger partial charge in [0.15, 0.2) is 0 Å². The average Bonchev–Trinajstić information content (AvgIpc) is 3.12. The third-order valence-electron chi connectivity index (χ3n) is 5.96. The summed E-state index contributed by atoms with van der Waals surface area (Å²) in [7, 11) is -4.00. The molecule has 0 spiro atoms. The van der Waals surface area contributed by atoms with Gasteiger partial charge < -0.3 is 11.1 Å². The van der Waals surface area contributed by atoms with Crippen LogP contribution in [0.15, 0.2) is 70.5 Å². The molecule has 0 aliphatic heterocycles. The fourth-order valence-corrected chi connectivity index (χ4v) is 6.97. The lowest BCUT2D eigenvalue weighted by molar-refractivity contribution is 0.104. The lowest BCUT2D eigenvalue weighted by Gasteiger charge is -2.12. The molecule has 0 atom stereocenters. The van der Waals surface area contributed by atoms with Crippen molar-refractivity contribution < 1.29 is 13.2 Å². The summed E-state index contributed by atoms with van der Waals surface area (Å²) >= 11 is 1.07. The van der Waals surface area contributed by atoms with Crippen molar-refractivity contribution in [1.82, 2.24) is 0 Å². The van der Waals surface area contributed by atoms with Gasteiger partial charge in [0.2, 0.25) is 15.6 Å². The van der Waals surface area contributed by atoms with E-state index in [1.165, 1.54) is 0 Å². The van der Waals surface area contributed by atoms with Gasteiger partial charge in [0, 0.05) is 11.3 Å². The summed E-state index contributed by atoms with van der Waals surface area (Å²) in [4.78, 5) is 13.8. The normalized spacial score (nSPS) is 11.5. The molecule has 0 bridgehead atoms. The molecule has 0 saturated heterocycles. The number of ketones is 1. The van der Waals surface area contributed by atoms with E-state index in [4.69, 9.17) is 5.73 Å². The summed E-state index contributed by atoms with van der Waals surface area (Å²) in [6, 6.07) is 18.0. The van der Waals surface area contributed by atoms with Gasteiger partial charge >= 0.3 is 0 Å². The first kappa shape index (κ1) is 24.7. The van der Waals surface area contributed by atoms with Crippen molar-refractivity contribution >= 4 is 43.3 Å². The maximum absolute atomic E-state index is 13.8. The third-order valence-corrected chi connectivity index (χ3v) is 9.07. The Morgan fingerprint density at radius 3 is 1.97 bits per heavy atom. The largest absolute Gasteiger partial charge is 0.396 e. The summed E-state index contributed by atoms with van der Waals surface area (Å²) < 4.78 is 27.6. The Morgan fingerprint density at radius 1 is 0.800 bits per heavy atom. The Kier molecular flexibility index (Phi) is 6.58. The first-order chi connectivity index (χ1) is 16.5. The van der Waals surface area contributed by atoms with E-state index in [-0.39, 0.29) is 26.1 Å². The van der Waals surface area contributed by atoms with Crippen molar-refractivity contribution in [2.75, 3.05) is 11.1 Å². The molecule has 3 aromatic carbocycles. The van der Waals surface area contributed by atoms with Crippen LogP contribution in [-0.2, 0) is 9.84 Å². The third kappa shape index (κ3) is 4.74. The fraction of sp³-hybridized carbons (Fsp3) is 0.179. The molecule has 4 aromatic rings. The van der Waals surface area contributed by atoms with Crippen LogP contribution in [0.3, 0.4) is 0 Å². The van der Waals surface area contributed by atoms with E-state index in [1.54, 1.807) is 30.3 Å². The second-order valence-electron chi connectivity index (χ2n) is 8.91. The highest BCUT2D eigenvalue weighted by molar-refractivity contribution is 7.92. The zero-order valence-corrected chi connectivity index (χ0v) is 22.0. The lowest BCUT2D eigenvalue weighted by Crippen LogP contribution is -2.09. The predicted octanol–water partition coefficient (Wildman–Crippen LogP) is 6.68. The van der Waals surface area contributed by atoms with Crippen LogP contribution in [0.5, 0.6) is 0 Å². The summed E-state index contributed by atoms with van der Waals surface area (Å²) in [6.07, 6.45) is 0. The molecule has 1 heterocycles. The highest BCUT2D eigenvalue weighted by atomic mass is 32.2. The number of nitrogens with one attached hydrogen (secondary N) is 1. The average molecular weight is 505 g/mol. The van der Waals surface area contributed by atoms with Crippen LogP contribution >= 0.6 is 11.3 Å². The standard InChI is InChI=1S/C28H28N2O3S2/c1-16-6-10-21(11-7-16)35(32,33)27-24(29)26(25(31)22-12-8-17(2)14-19(22)4)34-28(27)30-23-13-9-18(3)15-20(23)5/h6-15,30H,29H2,1-5H3. The smallest absolute Gasteiger partial charge is 0.211 e. The molecular formula is C28H28N2O3S2. The molecule has 4 rings (SSSR count). The number of hydrogen-bond donors (Lipinski definition) is 2. The molecule has 180 valence electrons. The van der Waals surface area contributed by atoms with E-state index in [1.807, 2.05) is 65.0 Å². The molecule has 0 aliphatic rings. The topological polar surface area (TPSA) is 89.3 Å². The summed E-state index contributed by atoms with van der Waals surface area (Å²) in [5, 5.41) is 3.58. The number of carbonyl (C=O) groups is 1. The highest BCUT2D eigenvalue weighted by Crippen LogP contribution is 2.44. The number of sulfone groups is 1. The Bertz CT molecular complexity index is 1550. The van der Waals surface area contributed by atoms with Gasteiger partial charge in [-0.15, -0.1) is 11.3 Å². The number of hydrogen-bond acceptors (Lipinski definition) is 6. The minimum Gasteiger partial charge on any atom is -0.396 e. The number of nitrogen functional groups attached to an aromatic ring is 1. The van der Waals surface area contributed by atoms with Crippen LogP contribution in [0.2, 0.25) is 0 Å². The fourth-order valence-electron chi connectivity index (χ4n) is 4.05. The monoisotopic (exact) mass is 504 g/mol. The van der Waals surface area contributed by atoms with Crippen LogP contribution in [0.4, 0.5) is 16.4 Å². The summed E-state index contributed by atoms with van der Waals surface area (Å²) in [6.45, 7) is 9.65. The van der Waals surface area contributed by atoms with Crippen molar-refractivity contribution in [3.8, 4) is 0 Å². The highest BCUT2D eigenvalue weighted by Gasteiger charge is 2.32. The van der Waals surface area contributed by atoms with Crippen molar-refractivity contribution in [3.05, 3.63) is 98.9 Å². The zero-order chi connectivity index (χ0) is 25.5. The lowest BCUT2D eigenvalue weighted by atomic mass is 10.0. The van der Waals surface area contributed by atoms with Crippen molar-refractivity contribution in [2.24, 2.45) is 0 Å². The van der Waals surface area contributed by atoms with Gasteiger partial charge in [0.05, 0.1) is 10.6 Å². The van der Waals surface area contributed by atoms with E-state index < -0.39 is 9.84 Å². The molecule has 35 heavy (non-hydrogen) atoms. The molecule has 5 nitrogen and oxygen atoms in total. The zero-order valence-electron chi connectivity index (χ0n) is 20.4. The number of nitrogens with two attached hydrogens (primary N) is 1. The SMILES string of the molecule is Cc1ccc(S(=O)(=O)c2c(Nc3ccc(C)cc3C)sc(C(=O)c3ccc(C)cc3C)c2N)cc1. The molecular weight excluding hydrogens is 476 g/mol. The number of carbonyl (C=O) groups excluding carboxylic acids is 1. The Hall–Kier alpha value is -3.42. The van der Waals surface area contributed by atoms with Crippen molar-refractivity contribution in [3.63, 3.8) is 0 Å². The molecule has 0 aliphatic carbocycles. The van der Waals surface area contributed by atoms with E-state index in [0.29, 0.717) is 10.6 Å². The van der Waals surface area contributed by atoms with Gasteiger partial charge in [-0.25, -0.2) is 8.42 Å². The first-order valence-corrected chi connectivity index (χ1v) is 13.5. The molecule has 0 unspecified atom stereocenters. The summed E-state index contributed by atoms with van der Waals surface area (Å²) in [5.74, 6) is -0.293. The van der Waals surface area contributed by atoms with E-state index in [2.05, 4.69) is 5.32 Å². The van der Waals surface area contributed by atoms with Gasteiger partial charge in [-0.05, 0) is 63.9 Å². The molecule has 3 N–H and O–H groups in total. The van der Waals surface area contributed by atoms with Gasteiger partial charge in [-0.2, -0.15) is 0 Å². The van der Waals surface area contributed by atoms with Gasteiger partial charge in [0.1, 0.15) is 14.8 Å². The van der Waals surface area contributed by atoms with Crippen molar-refractivity contribution in [2.45, 2.75) is 44.4 Å². The Morgan fingerprint density at radius 2 is 1.37 bits per heavy atom. The van der Waals surface area contributed by atoms with E-state index in [9.17, 15) is 13.2 Å². The van der Waals surface area contributed by atoms with Crippen LogP contribution in [0.25, 0.3) is 0 Å². The number of aryl methyl sites for hydroxylation is 5. The maximum Gasteiger partial charge on any atom is 0.211 e. The minimum absolute atomic E-state index is 0.0344. The number of benzene rings is 3. The first-order valence-electron chi connectivity index (χ1n) is 11.2. The van der Waals surface area contributed by atoms with Crippen molar-refractivity contribution in [1.29, 1.82) is 0 Å². The quantitative estimate of drug-likeness (QED) is 0.286. The molecule has 7 heteroatoms. The second kappa shape index (κ2) is 9.32. The Balaban J connectivity index is 1.91. The Labute approximate surface area is 210 Å². The molecule has 0 fully saturated rings.